The molecule has 0 spiro atoms. The number of anilines is 5. The summed E-state index contributed by atoms with van der Waals surface area (Å²) in [5, 5.41) is 8.24. The maximum Gasteiger partial charge on any atom is 0.421 e. The molecule has 0 radical (unpaired) electrons. The van der Waals surface area contributed by atoms with Gasteiger partial charge in [0.05, 0.1) is 7.11 Å². The zero-order valence-electron chi connectivity index (χ0n) is 25.1. The van der Waals surface area contributed by atoms with Crippen molar-refractivity contribution < 1.29 is 27.5 Å². The number of nitrogens with one attached hydrogen (secondary N) is 3. The Labute approximate surface area is 254 Å². The van der Waals surface area contributed by atoms with Crippen molar-refractivity contribution in [1.29, 1.82) is 0 Å². The molecule has 2 amide bonds. The molecule has 3 N–H and O–H groups in total. The van der Waals surface area contributed by atoms with Gasteiger partial charge in [-0.15, -0.1) is 0 Å². The van der Waals surface area contributed by atoms with E-state index >= 15 is 0 Å². The molecule has 0 aliphatic carbocycles. The Morgan fingerprint density at radius 2 is 1.75 bits per heavy atom. The summed E-state index contributed by atoms with van der Waals surface area (Å²) in [6.07, 6.45) is -2.91. The number of nitrogens with zero attached hydrogens (tertiary/aromatic N) is 4. The summed E-state index contributed by atoms with van der Waals surface area (Å²) in [4.78, 5) is 36.3. The van der Waals surface area contributed by atoms with Crippen LogP contribution in [0.2, 0.25) is 0 Å². The van der Waals surface area contributed by atoms with Crippen LogP contribution in [0.25, 0.3) is 0 Å². The third-order valence-corrected chi connectivity index (χ3v) is 6.95. The molecule has 1 fully saturated rings. The number of methoxy groups -OCH3 is 1. The van der Waals surface area contributed by atoms with Gasteiger partial charge in [0.15, 0.2) is 0 Å². The molecular weight excluding hydrogens is 575 g/mol. The van der Waals surface area contributed by atoms with Crippen LogP contribution in [0.4, 0.5) is 42.0 Å². The highest BCUT2D eigenvalue weighted by Crippen LogP contribution is 2.36. The number of carbonyl (C=O) groups excluding carboxylic acids is 2. The summed E-state index contributed by atoms with van der Waals surface area (Å²) >= 11 is 0. The number of aromatic nitrogens is 2. The second-order valence-electron chi connectivity index (χ2n) is 11.2. The third kappa shape index (κ3) is 7.97. The van der Waals surface area contributed by atoms with Gasteiger partial charge < -0.3 is 30.5 Å². The lowest BCUT2D eigenvalue weighted by molar-refractivity contribution is -0.139. The van der Waals surface area contributed by atoms with E-state index in [9.17, 15) is 22.8 Å². The average molecular weight is 612 g/mol. The third-order valence-electron chi connectivity index (χ3n) is 6.95. The van der Waals surface area contributed by atoms with Gasteiger partial charge in [-0.25, -0.2) is 4.98 Å². The van der Waals surface area contributed by atoms with E-state index in [1.165, 1.54) is 6.07 Å². The van der Waals surface area contributed by atoms with Crippen molar-refractivity contribution in [3.05, 3.63) is 72.4 Å². The van der Waals surface area contributed by atoms with E-state index in [2.05, 4.69) is 37.4 Å². The molecule has 2 heterocycles. The fourth-order valence-corrected chi connectivity index (χ4v) is 4.67. The van der Waals surface area contributed by atoms with E-state index in [4.69, 9.17) is 4.74 Å². The smallest absolute Gasteiger partial charge is 0.421 e. The molecule has 0 bridgehead atoms. The summed E-state index contributed by atoms with van der Waals surface area (Å²) in [6, 6.07) is 11.9. The van der Waals surface area contributed by atoms with E-state index < -0.39 is 28.9 Å². The number of hydrogen-bond donors (Lipinski definition) is 3. The fraction of sp³-hybridized carbons (Fsp3) is 0.355. The van der Waals surface area contributed by atoms with Crippen molar-refractivity contribution in [3.8, 4) is 5.75 Å². The molecule has 2 aromatic carbocycles. The van der Waals surface area contributed by atoms with E-state index in [1.807, 2.05) is 43.9 Å². The second kappa shape index (κ2) is 13.2. The van der Waals surface area contributed by atoms with Crippen LogP contribution in [0.1, 0.15) is 31.9 Å². The second-order valence-corrected chi connectivity index (χ2v) is 11.2. The Balaban J connectivity index is 1.47. The van der Waals surface area contributed by atoms with Gasteiger partial charge in [0.2, 0.25) is 17.8 Å². The standard InChI is InChI=1S/C31H36F3N7O3/c1-6-26(42)37-21-8-7-9-22(16-21)38-27-24(31(32,33)34)19-36-29(39-27)35-18-20-10-11-23(17-25(20)44-5)40-12-14-41(15-13-40)28(43)30(2,3)4/h6-11,16-17,19H,1,12-15,18H2,2-5H3,(H,37,42)(H2,35,36,38,39). The molecule has 10 nitrogen and oxygen atoms in total. The Kier molecular flexibility index (Phi) is 9.65. The minimum Gasteiger partial charge on any atom is -0.496 e. The maximum absolute atomic E-state index is 13.8. The number of alkyl halides is 3. The molecule has 1 saturated heterocycles. The number of hydrogen-bond acceptors (Lipinski definition) is 8. The van der Waals surface area contributed by atoms with Crippen LogP contribution in [0.15, 0.2) is 61.3 Å². The van der Waals surface area contributed by atoms with Crippen LogP contribution < -0.4 is 25.6 Å². The molecule has 3 aromatic rings. The van der Waals surface area contributed by atoms with Gasteiger partial charge in [-0.3, -0.25) is 9.59 Å². The van der Waals surface area contributed by atoms with Crippen molar-refractivity contribution in [2.75, 3.05) is 54.1 Å². The van der Waals surface area contributed by atoms with Gasteiger partial charge in [0.25, 0.3) is 0 Å². The van der Waals surface area contributed by atoms with E-state index in [1.54, 1.807) is 25.3 Å². The first kappa shape index (κ1) is 32.1. The minimum absolute atomic E-state index is 0.0256. The zero-order valence-corrected chi connectivity index (χ0v) is 25.1. The lowest BCUT2D eigenvalue weighted by Crippen LogP contribution is -2.51. The minimum atomic E-state index is -4.71. The largest absolute Gasteiger partial charge is 0.496 e. The predicted molar refractivity (Wildman–Crippen MR) is 164 cm³/mol. The monoisotopic (exact) mass is 611 g/mol. The molecule has 13 heteroatoms. The zero-order chi connectivity index (χ0) is 32.1. The lowest BCUT2D eigenvalue weighted by atomic mass is 9.94. The van der Waals surface area contributed by atoms with Crippen molar-refractivity contribution in [2.24, 2.45) is 5.41 Å². The lowest BCUT2D eigenvalue weighted by Gasteiger charge is -2.38. The fourth-order valence-electron chi connectivity index (χ4n) is 4.67. The predicted octanol–water partition coefficient (Wildman–Crippen LogP) is 5.68. The van der Waals surface area contributed by atoms with Gasteiger partial charge >= 0.3 is 6.18 Å². The average Bonchev–Trinajstić information content (AvgIpc) is 2.98. The van der Waals surface area contributed by atoms with Crippen LogP contribution in [-0.4, -0.2) is 60.0 Å². The van der Waals surface area contributed by atoms with E-state index in [0.29, 0.717) is 43.8 Å². The van der Waals surface area contributed by atoms with E-state index in [0.717, 1.165) is 17.3 Å². The highest BCUT2D eigenvalue weighted by Gasteiger charge is 2.35. The van der Waals surface area contributed by atoms with Crippen LogP contribution in [0, 0.1) is 5.41 Å². The first-order chi connectivity index (χ1) is 20.8. The van der Waals surface area contributed by atoms with Crippen LogP contribution >= 0.6 is 0 Å². The van der Waals surface area contributed by atoms with Crippen LogP contribution in [-0.2, 0) is 22.3 Å². The number of benzene rings is 2. The summed E-state index contributed by atoms with van der Waals surface area (Å²) in [7, 11) is 1.55. The van der Waals surface area contributed by atoms with Crippen LogP contribution in [0.5, 0.6) is 5.75 Å². The first-order valence-corrected chi connectivity index (χ1v) is 14.0. The summed E-state index contributed by atoms with van der Waals surface area (Å²) < 4.78 is 47.0. The normalized spacial score (nSPS) is 13.7. The quantitative estimate of drug-likeness (QED) is 0.265. The summed E-state index contributed by atoms with van der Waals surface area (Å²) in [6.45, 7) is 11.9. The summed E-state index contributed by atoms with van der Waals surface area (Å²) in [5.41, 5.74) is 0.872. The van der Waals surface area contributed by atoms with Crippen molar-refractivity contribution in [1.82, 2.24) is 14.9 Å². The topological polar surface area (TPSA) is 112 Å². The van der Waals surface area contributed by atoms with Gasteiger partial charge in [-0.05, 0) is 30.3 Å². The number of rotatable bonds is 9. The van der Waals surface area contributed by atoms with Crippen molar-refractivity contribution in [3.63, 3.8) is 0 Å². The maximum atomic E-state index is 13.8. The molecule has 0 atom stereocenters. The molecule has 234 valence electrons. The Hall–Kier alpha value is -4.81. The Morgan fingerprint density at radius 1 is 1.05 bits per heavy atom. The number of halogens is 3. The first-order valence-electron chi connectivity index (χ1n) is 14.0. The summed E-state index contributed by atoms with van der Waals surface area (Å²) in [5.74, 6) is -0.210. The number of carbonyl (C=O) groups is 2. The highest BCUT2D eigenvalue weighted by molar-refractivity contribution is 5.99. The number of ether oxygens (including phenoxy) is 1. The van der Waals surface area contributed by atoms with Crippen molar-refractivity contribution in [2.45, 2.75) is 33.5 Å². The Morgan fingerprint density at radius 3 is 2.39 bits per heavy atom. The number of piperazine rings is 1. The van der Waals surface area contributed by atoms with Gasteiger partial charge in [-0.2, -0.15) is 18.2 Å². The number of amides is 2. The SMILES string of the molecule is C=CC(=O)Nc1cccc(Nc2nc(NCc3ccc(N4CCN(C(=O)C(C)(C)C)CC4)cc3OC)ncc2C(F)(F)F)c1. The molecule has 1 aliphatic rings. The molecular formula is C31H36F3N7O3. The molecule has 1 aliphatic heterocycles. The molecule has 44 heavy (non-hydrogen) atoms. The van der Waals surface area contributed by atoms with E-state index in [-0.39, 0.29) is 24.1 Å². The molecule has 0 saturated carbocycles. The molecule has 4 rings (SSSR count). The van der Waals surface area contributed by atoms with Gasteiger partial charge in [0, 0.05) is 73.0 Å². The van der Waals surface area contributed by atoms with Gasteiger partial charge in [-0.1, -0.05) is 39.5 Å². The Bertz CT molecular complexity index is 1510. The molecule has 1 aromatic heterocycles. The van der Waals surface area contributed by atoms with Crippen LogP contribution in [0.3, 0.4) is 0 Å². The van der Waals surface area contributed by atoms with Gasteiger partial charge in [0.1, 0.15) is 17.1 Å². The highest BCUT2D eigenvalue weighted by atomic mass is 19.4. The van der Waals surface area contributed by atoms with Crippen molar-refractivity contribution >= 4 is 40.6 Å². The molecule has 0 unspecified atom stereocenters.